The molecule has 1 heterocycles. The van der Waals surface area contributed by atoms with Gasteiger partial charge in [-0.05, 0) is 48.4 Å². The average Bonchev–Trinajstić information content (AvgIpc) is 2.93. The second-order valence-electron chi connectivity index (χ2n) is 6.01. The summed E-state index contributed by atoms with van der Waals surface area (Å²) in [5.41, 5.74) is 1.45. The minimum atomic E-state index is -0.159. The molecule has 2 aromatic carbocycles. The van der Waals surface area contributed by atoms with Crippen LogP contribution in [0.3, 0.4) is 0 Å². The molecule has 2 aromatic rings. The standard InChI is InChI=1S/C20H16Cl2N2O2S2/c21-14-7-9-15(10-8-14)23-18(25)6-3-11-24-19(26)17(28-20(24)27)12-13-4-1-2-5-16(13)22/h1-2,4-5,7-10,12H,3,6,11H2,(H,23,25)/b17-12+. The zero-order valence-electron chi connectivity index (χ0n) is 14.7. The Labute approximate surface area is 182 Å². The third-order valence-corrected chi connectivity index (χ3v) is 5.95. The van der Waals surface area contributed by atoms with Gasteiger partial charge >= 0.3 is 0 Å². The number of amides is 2. The molecule has 144 valence electrons. The Balaban J connectivity index is 1.54. The topological polar surface area (TPSA) is 49.4 Å². The van der Waals surface area contributed by atoms with E-state index in [1.165, 1.54) is 16.7 Å². The van der Waals surface area contributed by atoms with E-state index in [4.69, 9.17) is 35.4 Å². The van der Waals surface area contributed by atoms with Gasteiger partial charge in [-0.1, -0.05) is 65.4 Å². The molecule has 28 heavy (non-hydrogen) atoms. The lowest BCUT2D eigenvalue weighted by Gasteiger charge is -2.14. The highest BCUT2D eigenvalue weighted by Gasteiger charge is 2.31. The van der Waals surface area contributed by atoms with Crippen LogP contribution < -0.4 is 5.32 Å². The van der Waals surface area contributed by atoms with Crippen LogP contribution in [0.1, 0.15) is 18.4 Å². The molecule has 2 amide bonds. The lowest BCUT2D eigenvalue weighted by molar-refractivity contribution is -0.122. The number of hydrogen-bond acceptors (Lipinski definition) is 4. The highest BCUT2D eigenvalue weighted by atomic mass is 35.5. The molecule has 0 bridgehead atoms. The lowest BCUT2D eigenvalue weighted by Crippen LogP contribution is -2.29. The van der Waals surface area contributed by atoms with E-state index in [2.05, 4.69) is 5.32 Å². The van der Waals surface area contributed by atoms with Gasteiger partial charge in [-0.25, -0.2) is 0 Å². The van der Waals surface area contributed by atoms with Crippen LogP contribution in [-0.2, 0) is 9.59 Å². The van der Waals surface area contributed by atoms with Crippen LogP contribution in [0.15, 0.2) is 53.4 Å². The van der Waals surface area contributed by atoms with Gasteiger partial charge in [-0.3, -0.25) is 14.5 Å². The first-order valence-corrected chi connectivity index (χ1v) is 10.5. The van der Waals surface area contributed by atoms with Gasteiger partial charge in [0.2, 0.25) is 5.91 Å². The van der Waals surface area contributed by atoms with Crippen molar-refractivity contribution in [1.82, 2.24) is 4.90 Å². The molecule has 0 unspecified atom stereocenters. The van der Waals surface area contributed by atoms with Crippen LogP contribution in [0.4, 0.5) is 5.69 Å². The predicted octanol–water partition coefficient (Wildman–Crippen LogP) is 5.61. The second kappa shape index (κ2) is 9.56. The predicted molar refractivity (Wildman–Crippen MR) is 121 cm³/mol. The number of hydrogen-bond donors (Lipinski definition) is 1. The van der Waals surface area contributed by atoms with Crippen molar-refractivity contribution < 1.29 is 9.59 Å². The maximum absolute atomic E-state index is 12.6. The SMILES string of the molecule is O=C(CCCN1C(=O)/C(=C\c2ccccc2Cl)SC1=S)Nc1ccc(Cl)cc1. The van der Waals surface area contributed by atoms with Gasteiger partial charge < -0.3 is 5.32 Å². The number of carbonyl (C=O) groups excluding carboxylic acids is 2. The van der Waals surface area contributed by atoms with Crippen molar-refractivity contribution >= 4 is 75.1 Å². The molecule has 1 aliphatic heterocycles. The van der Waals surface area contributed by atoms with E-state index >= 15 is 0 Å². The fraction of sp³-hybridized carbons (Fsp3) is 0.150. The van der Waals surface area contributed by atoms with Crippen molar-refractivity contribution in [1.29, 1.82) is 0 Å². The third-order valence-electron chi connectivity index (χ3n) is 3.98. The maximum atomic E-state index is 12.6. The van der Waals surface area contributed by atoms with Crippen molar-refractivity contribution in [2.45, 2.75) is 12.8 Å². The first kappa shape index (κ1) is 20.9. The molecule has 0 aliphatic carbocycles. The minimum absolute atomic E-state index is 0.126. The Bertz CT molecular complexity index is 945. The third kappa shape index (κ3) is 5.35. The fourth-order valence-corrected chi connectivity index (χ4v) is 4.20. The summed E-state index contributed by atoms with van der Waals surface area (Å²) in [5.74, 6) is -0.285. The van der Waals surface area contributed by atoms with Gasteiger partial charge in [0.25, 0.3) is 5.91 Å². The lowest BCUT2D eigenvalue weighted by atomic mass is 10.2. The van der Waals surface area contributed by atoms with Crippen molar-refractivity contribution in [3.63, 3.8) is 0 Å². The van der Waals surface area contributed by atoms with Gasteiger partial charge in [0.15, 0.2) is 0 Å². The number of nitrogens with one attached hydrogen (secondary N) is 1. The number of halogens is 2. The summed E-state index contributed by atoms with van der Waals surface area (Å²) in [5, 5.41) is 3.98. The zero-order chi connectivity index (χ0) is 20.1. The Hall–Kier alpha value is -1.86. The summed E-state index contributed by atoms with van der Waals surface area (Å²) in [7, 11) is 0. The van der Waals surface area contributed by atoms with E-state index < -0.39 is 0 Å². The van der Waals surface area contributed by atoms with Crippen molar-refractivity contribution in [3.8, 4) is 0 Å². The molecular formula is C20H16Cl2N2O2S2. The summed E-state index contributed by atoms with van der Waals surface area (Å²) >= 11 is 18.5. The van der Waals surface area contributed by atoms with E-state index in [1.54, 1.807) is 36.4 Å². The maximum Gasteiger partial charge on any atom is 0.266 e. The summed E-state index contributed by atoms with van der Waals surface area (Å²) in [6, 6.07) is 14.2. The molecule has 3 rings (SSSR count). The van der Waals surface area contributed by atoms with Crippen LogP contribution in [0.5, 0.6) is 0 Å². The summed E-state index contributed by atoms with van der Waals surface area (Å²) < 4.78 is 0.487. The van der Waals surface area contributed by atoms with Crippen LogP contribution in [-0.4, -0.2) is 27.6 Å². The molecule has 4 nitrogen and oxygen atoms in total. The van der Waals surface area contributed by atoms with Crippen LogP contribution in [0, 0.1) is 0 Å². The zero-order valence-corrected chi connectivity index (χ0v) is 17.8. The van der Waals surface area contributed by atoms with E-state index in [0.29, 0.717) is 37.9 Å². The molecule has 8 heteroatoms. The van der Waals surface area contributed by atoms with Gasteiger partial charge in [-0.15, -0.1) is 0 Å². The molecule has 1 aliphatic rings. The first-order chi connectivity index (χ1) is 13.4. The Morgan fingerprint density at radius 2 is 1.86 bits per heavy atom. The Morgan fingerprint density at radius 3 is 2.57 bits per heavy atom. The number of thioether (sulfide) groups is 1. The number of carbonyl (C=O) groups is 2. The summed E-state index contributed by atoms with van der Waals surface area (Å²) in [6.07, 6.45) is 2.53. The second-order valence-corrected chi connectivity index (χ2v) is 8.53. The summed E-state index contributed by atoms with van der Waals surface area (Å²) in [6.45, 7) is 0.387. The number of rotatable bonds is 6. The molecule has 0 spiro atoms. The van der Waals surface area contributed by atoms with E-state index in [9.17, 15) is 9.59 Å². The largest absolute Gasteiger partial charge is 0.326 e. The number of thiocarbonyl (C=S) groups is 1. The monoisotopic (exact) mass is 450 g/mol. The van der Waals surface area contributed by atoms with E-state index in [1.807, 2.05) is 18.2 Å². The highest BCUT2D eigenvalue weighted by molar-refractivity contribution is 8.26. The number of anilines is 1. The van der Waals surface area contributed by atoms with E-state index in [0.717, 1.165) is 5.56 Å². The number of nitrogens with zero attached hydrogens (tertiary/aromatic N) is 1. The van der Waals surface area contributed by atoms with Crippen molar-refractivity contribution in [2.75, 3.05) is 11.9 Å². The highest BCUT2D eigenvalue weighted by Crippen LogP contribution is 2.33. The molecule has 1 saturated heterocycles. The minimum Gasteiger partial charge on any atom is -0.326 e. The quantitative estimate of drug-likeness (QED) is 0.458. The summed E-state index contributed by atoms with van der Waals surface area (Å²) in [4.78, 5) is 26.7. The van der Waals surface area contributed by atoms with Crippen LogP contribution >= 0.6 is 47.2 Å². The van der Waals surface area contributed by atoms with Crippen molar-refractivity contribution in [3.05, 3.63) is 69.0 Å². The van der Waals surface area contributed by atoms with Gasteiger partial charge in [0, 0.05) is 28.7 Å². The molecule has 0 saturated carbocycles. The van der Waals surface area contributed by atoms with Gasteiger partial charge in [0.1, 0.15) is 4.32 Å². The molecule has 1 fully saturated rings. The molecule has 0 atom stereocenters. The van der Waals surface area contributed by atoms with Crippen LogP contribution in [0.2, 0.25) is 10.0 Å². The molecular weight excluding hydrogens is 435 g/mol. The first-order valence-electron chi connectivity index (χ1n) is 8.49. The number of benzene rings is 2. The van der Waals surface area contributed by atoms with E-state index in [-0.39, 0.29) is 18.2 Å². The Morgan fingerprint density at radius 1 is 1.14 bits per heavy atom. The fourth-order valence-electron chi connectivity index (χ4n) is 2.58. The molecule has 0 radical (unpaired) electrons. The van der Waals surface area contributed by atoms with Gasteiger partial charge in [0.05, 0.1) is 4.91 Å². The normalized spacial score (nSPS) is 15.4. The molecule has 1 N–H and O–H groups in total. The average molecular weight is 451 g/mol. The molecule has 0 aromatic heterocycles. The Kier molecular flexibility index (Phi) is 7.13. The van der Waals surface area contributed by atoms with Gasteiger partial charge in [-0.2, -0.15) is 0 Å². The smallest absolute Gasteiger partial charge is 0.266 e. The van der Waals surface area contributed by atoms with Crippen LogP contribution in [0.25, 0.3) is 6.08 Å². The van der Waals surface area contributed by atoms with Crippen molar-refractivity contribution in [2.24, 2.45) is 0 Å².